The second kappa shape index (κ2) is 11.8. The van der Waals surface area contributed by atoms with E-state index < -0.39 is 0 Å². The monoisotopic (exact) mass is 210 g/mol. The zero-order valence-corrected chi connectivity index (χ0v) is 11.0. The Morgan fingerprint density at radius 2 is 1.13 bits per heavy atom. The molecule has 0 aromatic carbocycles. The van der Waals surface area contributed by atoms with E-state index in [1.54, 1.807) is 0 Å². The van der Waals surface area contributed by atoms with Crippen LogP contribution in [0.25, 0.3) is 0 Å². The minimum Gasteiger partial charge on any atom is -0.100 e. The second-order valence-corrected chi connectivity index (χ2v) is 4.89. The van der Waals surface area contributed by atoms with Gasteiger partial charge in [-0.1, -0.05) is 70.3 Å². The zero-order valence-electron chi connectivity index (χ0n) is 11.0. The number of hydrogen-bond donors (Lipinski definition) is 0. The Hall–Kier alpha value is -0.260. The Bertz CT molecular complexity index is 135. The van der Waals surface area contributed by atoms with Crippen LogP contribution in [0.2, 0.25) is 0 Å². The van der Waals surface area contributed by atoms with Gasteiger partial charge < -0.3 is 0 Å². The SMILES string of the molecule is C=C(C)CCCCCCCCCCCC. The molecule has 0 nitrogen and oxygen atoms in total. The lowest BCUT2D eigenvalue weighted by Crippen LogP contribution is -1.82. The molecule has 0 aliphatic carbocycles. The summed E-state index contributed by atoms with van der Waals surface area (Å²) < 4.78 is 0. The molecule has 0 aliphatic heterocycles. The molecule has 15 heavy (non-hydrogen) atoms. The summed E-state index contributed by atoms with van der Waals surface area (Å²) in [5, 5.41) is 0. The average Bonchev–Trinajstić information content (AvgIpc) is 2.20. The van der Waals surface area contributed by atoms with Gasteiger partial charge in [0.25, 0.3) is 0 Å². The lowest BCUT2D eigenvalue weighted by Gasteiger charge is -2.02. The van der Waals surface area contributed by atoms with Gasteiger partial charge in [-0.3, -0.25) is 0 Å². The molecule has 0 unspecified atom stereocenters. The number of rotatable bonds is 11. The summed E-state index contributed by atoms with van der Waals surface area (Å²) in [6.45, 7) is 8.34. The Labute approximate surface area is 97.2 Å². The number of allylic oxidation sites excluding steroid dienone is 1. The molecule has 0 rings (SSSR count). The molecule has 0 fully saturated rings. The Balaban J connectivity index is 2.89. The highest BCUT2D eigenvalue weighted by Gasteiger charge is 1.92. The molecule has 0 amide bonds. The fourth-order valence-electron chi connectivity index (χ4n) is 1.91. The first-order valence-electron chi connectivity index (χ1n) is 6.91. The lowest BCUT2D eigenvalue weighted by atomic mass is 10.0. The molecule has 0 atom stereocenters. The summed E-state index contributed by atoms with van der Waals surface area (Å²) >= 11 is 0. The van der Waals surface area contributed by atoms with Crippen LogP contribution in [0.1, 0.15) is 84.5 Å². The van der Waals surface area contributed by atoms with Gasteiger partial charge in [0.05, 0.1) is 0 Å². The summed E-state index contributed by atoms with van der Waals surface area (Å²) in [6, 6.07) is 0. The first-order chi connectivity index (χ1) is 7.27. The van der Waals surface area contributed by atoms with Crippen molar-refractivity contribution in [2.24, 2.45) is 0 Å². The van der Waals surface area contributed by atoms with Crippen LogP contribution in [0.5, 0.6) is 0 Å². The average molecular weight is 210 g/mol. The number of unbranched alkanes of at least 4 members (excludes halogenated alkanes) is 9. The van der Waals surface area contributed by atoms with Gasteiger partial charge in [0.1, 0.15) is 0 Å². The first kappa shape index (κ1) is 14.7. The quantitative estimate of drug-likeness (QED) is 0.295. The maximum absolute atomic E-state index is 3.93. The van der Waals surface area contributed by atoms with Crippen molar-refractivity contribution in [3.8, 4) is 0 Å². The summed E-state index contributed by atoms with van der Waals surface area (Å²) in [5.74, 6) is 0. The standard InChI is InChI=1S/C15H30/c1-4-5-6-7-8-9-10-11-12-13-14-15(2)3/h2,4-14H2,1,3H3. The third-order valence-corrected chi connectivity index (χ3v) is 2.96. The van der Waals surface area contributed by atoms with Crippen molar-refractivity contribution in [2.75, 3.05) is 0 Å². The van der Waals surface area contributed by atoms with E-state index in [-0.39, 0.29) is 0 Å². The summed E-state index contributed by atoms with van der Waals surface area (Å²) in [5.41, 5.74) is 1.34. The van der Waals surface area contributed by atoms with Crippen molar-refractivity contribution in [3.63, 3.8) is 0 Å². The van der Waals surface area contributed by atoms with Crippen molar-refractivity contribution < 1.29 is 0 Å². The van der Waals surface area contributed by atoms with Crippen LogP contribution in [0, 0.1) is 0 Å². The van der Waals surface area contributed by atoms with E-state index >= 15 is 0 Å². The molecule has 0 aromatic heterocycles. The molecule has 90 valence electrons. The van der Waals surface area contributed by atoms with E-state index in [2.05, 4.69) is 20.4 Å². The predicted molar refractivity (Wildman–Crippen MR) is 71.3 cm³/mol. The molecule has 0 spiro atoms. The minimum absolute atomic E-state index is 1.23. The van der Waals surface area contributed by atoms with E-state index in [1.165, 1.54) is 76.2 Å². The fraction of sp³-hybridized carbons (Fsp3) is 0.867. The largest absolute Gasteiger partial charge is 0.100 e. The third kappa shape index (κ3) is 13.7. The van der Waals surface area contributed by atoms with Crippen LogP contribution in [0.4, 0.5) is 0 Å². The van der Waals surface area contributed by atoms with E-state index in [1.807, 2.05) is 0 Å². The van der Waals surface area contributed by atoms with Crippen molar-refractivity contribution in [3.05, 3.63) is 12.2 Å². The van der Waals surface area contributed by atoms with Gasteiger partial charge in [0.15, 0.2) is 0 Å². The summed E-state index contributed by atoms with van der Waals surface area (Å²) in [7, 11) is 0. The molecule has 0 aromatic rings. The first-order valence-corrected chi connectivity index (χ1v) is 6.91. The normalized spacial score (nSPS) is 10.5. The maximum atomic E-state index is 3.93. The Morgan fingerprint density at radius 3 is 1.53 bits per heavy atom. The van der Waals surface area contributed by atoms with Gasteiger partial charge in [-0.05, 0) is 19.8 Å². The molecule has 0 aliphatic rings. The van der Waals surface area contributed by atoms with Crippen LogP contribution in [0.3, 0.4) is 0 Å². The van der Waals surface area contributed by atoms with Gasteiger partial charge in [0.2, 0.25) is 0 Å². The molecule has 0 heteroatoms. The van der Waals surface area contributed by atoms with Crippen LogP contribution in [0.15, 0.2) is 12.2 Å². The van der Waals surface area contributed by atoms with Crippen LogP contribution >= 0.6 is 0 Å². The molecule has 0 N–H and O–H groups in total. The van der Waals surface area contributed by atoms with E-state index in [0.717, 1.165) is 0 Å². The van der Waals surface area contributed by atoms with Crippen molar-refractivity contribution in [1.29, 1.82) is 0 Å². The van der Waals surface area contributed by atoms with Gasteiger partial charge in [-0.25, -0.2) is 0 Å². The predicted octanol–water partition coefficient (Wildman–Crippen LogP) is 5.87. The molecule has 0 saturated carbocycles. The van der Waals surface area contributed by atoms with Crippen molar-refractivity contribution in [2.45, 2.75) is 84.5 Å². The maximum Gasteiger partial charge on any atom is -0.0326 e. The smallest absolute Gasteiger partial charge is 0.0326 e. The zero-order chi connectivity index (χ0) is 11.4. The van der Waals surface area contributed by atoms with Crippen LogP contribution in [-0.4, -0.2) is 0 Å². The molecule has 0 radical (unpaired) electrons. The second-order valence-electron chi connectivity index (χ2n) is 4.89. The fourth-order valence-corrected chi connectivity index (χ4v) is 1.91. The highest BCUT2D eigenvalue weighted by Crippen LogP contribution is 2.12. The number of hydrogen-bond acceptors (Lipinski definition) is 0. The lowest BCUT2D eigenvalue weighted by molar-refractivity contribution is 0.556. The Morgan fingerprint density at radius 1 is 0.733 bits per heavy atom. The molecular formula is C15H30. The van der Waals surface area contributed by atoms with Crippen molar-refractivity contribution >= 4 is 0 Å². The van der Waals surface area contributed by atoms with Gasteiger partial charge in [0, 0.05) is 0 Å². The molecule has 0 saturated heterocycles. The van der Waals surface area contributed by atoms with E-state index in [9.17, 15) is 0 Å². The molecule has 0 bridgehead atoms. The molecule has 0 heterocycles. The third-order valence-electron chi connectivity index (χ3n) is 2.96. The highest BCUT2D eigenvalue weighted by molar-refractivity contribution is 4.86. The van der Waals surface area contributed by atoms with E-state index in [0.29, 0.717) is 0 Å². The van der Waals surface area contributed by atoms with Gasteiger partial charge in [-0.15, -0.1) is 6.58 Å². The Kier molecular flexibility index (Phi) is 11.6. The van der Waals surface area contributed by atoms with Gasteiger partial charge in [-0.2, -0.15) is 0 Å². The van der Waals surface area contributed by atoms with Crippen LogP contribution < -0.4 is 0 Å². The minimum atomic E-state index is 1.23. The van der Waals surface area contributed by atoms with E-state index in [4.69, 9.17) is 0 Å². The topological polar surface area (TPSA) is 0 Å². The van der Waals surface area contributed by atoms with Gasteiger partial charge >= 0.3 is 0 Å². The van der Waals surface area contributed by atoms with Crippen molar-refractivity contribution in [1.82, 2.24) is 0 Å². The van der Waals surface area contributed by atoms with Crippen LogP contribution in [-0.2, 0) is 0 Å². The molecular weight excluding hydrogens is 180 g/mol. The summed E-state index contributed by atoms with van der Waals surface area (Å²) in [4.78, 5) is 0. The summed E-state index contributed by atoms with van der Waals surface area (Å²) in [6.07, 6.45) is 15.5. The highest BCUT2D eigenvalue weighted by atomic mass is 14.0.